The van der Waals surface area contributed by atoms with Gasteiger partial charge in [-0.25, -0.2) is 9.59 Å². The van der Waals surface area contributed by atoms with Crippen LogP contribution in [0, 0.1) is 0 Å². The number of hydrogen-bond donors (Lipinski definition) is 3. The fourth-order valence-electron chi connectivity index (χ4n) is 2.18. The van der Waals surface area contributed by atoms with E-state index in [1.807, 2.05) is 23.8 Å². The molecule has 2 atom stereocenters. The average molecular weight is 298 g/mol. The molecule has 3 N–H and O–H groups in total. The third-order valence-corrected chi connectivity index (χ3v) is 4.02. The summed E-state index contributed by atoms with van der Waals surface area (Å²) in [7, 11) is 0. The van der Waals surface area contributed by atoms with Gasteiger partial charge in [0.05, 0.1) is 6.61 Å². The van der Waals surface area contributed by atoms with Gasteiger partial charge in [0.1, 0.15) is 0 Å². The van der Waals surface area contributed by atoms with Gasteiger partial charge in [-0.2, -0.15) is 11.3 Å². The summed E-state index contributed by atoms with van der Waals surface area (Å²) in [6.45, 7) is 2.24. The van der Waals surface area contributed by atoms with E-state index >= 15 is 0 Å². The van der Waals surface area contributed by atoms with Crippen LogP contribution in [0.4, 0.5) is 4.79 Å². The van der Waals surface area contributed by atoms with Crippen LogP contribution >= 0.6 is 11.3 Å². The Morgan fingerprint density at radius 3 is 2.95 bits per heavy atom. The van der Waals surface area contributed by atoms with Gasteiger partial charge in [0, 0.05) is 19.1 Å². The molecular weight excluding hydrogens is 280 g/mol. The Bertz CT molecular complexity index is 469. The van der Waals surface area contributed by atoms with Crippen LogP contribution in [0.5, 0.6) is 0 Å². The molecule has 0 saturated carbocycles. The molecule has 2 amide bonds. The van der Waals surface area contributed by atoms with Crippen LogP contribution < -0.4 is 10.6 Å². The van der Waals surface area contributed by atoms with Crippen molar-refractivity contribution < 1.29 is 19.4 Å². The van der Waals surface area contributed by atoms with Crippen LogP contribution in [0.25, 0.3) is 0 Å². The van der Waals surface area contributed by atoms with Crippen molar-refractivity contribution in [3.8, 4) is 0 Å². The highest BCUT2D eigenvalue weighted by Crippen LogP contribution is 2.18. The van der Waals surface area contributed by atoms with E-state index in [4.69, 9.17) is 4.74 Å². The van der Waals surface area contributed by atoms with Crippen LogP contribution in [-0.2, 0) is 16.0 Å². The highest BCUT2D eigenvalue weighted by molar-refractivity contribution is 7.07. The summed E-state index contributed by atoms with van der Waals surface area (Å²) in [4.78, 5) is 23.2. The molecule has 1 saturated heterocycles. The largest absolute Gasteiger partial charge is 0.479 e. The number of carboxylic acid groups (broad SMARTS) is 1. The molecule has 1 aromatic heterocycles. The Balaban J connectivity index is 1.86. The smallest absolute Gasteiger partial charge is 0.332 e. The Morgan fingerprint density at radius 1 is 1.60 bits per heavy atom. The molecule has 1 fully saturated rings. The zero-order valence-corrected chi connectivity index (χ0v) is 12.0. The molecule has 0 bridgehead atoms. The summed E-state index contributed by atoms with van der Waals surface area (Å²) >= 11 is 1.61. The molecule has 20 heavy (non-hydrogen) atoms. The highest BCUT2D eigenvalue weighted by Gasteiger charge is 2.44. The standard InChI is InChI=1S/C13H18N2O4S/c1-9(6-10-2-5-20-7-10)14-12(18)15-13(11(16)17)3-4-19-8-13/h2,5,7,9H,3-4,6,8H2,1H3,(H,16,17)(H2,14,15,18). The Morgan fingerprint density at radius 2 is 2.40 bits per heavy atom. The maximum atomic E-state index is 11.9. The van der Waals surface area contributed by atoms with Gasteiger partial charge in [0.15, 0.2) is 5.54 Å². The Hall–Kier alpha value is -1.60. The highest BCUT2D eigenvalue weighted by atomic mass is 32.1. The number of thiophene rings is 1. The lowest BCUT2D eigenvalue weighted by atomic mass is 9.99. The van der Waals surface area contributed by atoms with Crippen LogP contribution in [-0.4, -0.2) is 41.9 Å². The average Bonchev–Trinajstić information content (AvgIpc) is 3.00. The number of carbonyl (C=O) groups is 2. The molecule has 7 heteroatoms. The first-order chi connectivity index (χ1) is 9.52. The van der Waals surface area contributed by atoms with Crippen molar-refractivity contribution in [3.63, 3.8) is 0 Å². The third kappa shape index (κ3) is 3.49. The molecular formula is C13H18N2O4S. The lowest BCUT2D eigenvalue weighted by Crippen LogP contribution is -2.58. The van der Waals surface area contributed by atoms with Crippen molar-refractivity contribution in [1.82, 2.24) is 10.6 Å². The van der Waals surface area contributed by atoms with Crippen molar-refractivity contribution in [3.05, 3.63) is 22.4 Å². The number of nitrogens with one attached hydrogen (secondary N) is 2. The van der Waals surface area contributed by atoms with Crippen molar-refractivity contribution in [2.24, 2.45) is 0 Å². The van der Waals surface area contributed by atoms with Crippen molar-refractivity contribution >= 4 is 23.3 Å². The Kier molecular flexibility index (Phi) is 4.61. The van der Waals surface area contributed by atoms with E-state index in [0.29, 0.717) is 13.0 Å². The minimum absolute atomic E-state index is 0.00860. The predicted octanol–water partition coefficient (Wildman–Crippen LogP) is 1.22. The van der Waals surface area contributed by atoms with Crippen molar-refractivity contribution in [2.45, 2.75) is 31.3 Å². The molecule has 0 aliphatic carbocycles. The maximum absolute atomic E-state index is 11.9. The third-order valence-electron chi connectivity index (χ3n) is 3.28. The summed E-state index contributed by atoms with van der Waals surface area (Å²) < 4.78 is 5.09. The van der Waals surface area contributed by atoms with Gasteiger partial charge in [-0.05, 0) is 35.7 Å². The second-order valence-electron chi connectivity index (χ2n) is 5.03. The van der Waals surface area contributed by atoms with E-state index in [1.54, 1.807) is 11.3 Å². The molecule has 1 aliphatic rings. The number of carbonyl (C=O) groups excluding carboxylic acids is 1. The van der Waals surface area contributed by atoms with Gasteiger partial charge in [0.2, 0.25) is 0 Å². The number of ether oxygens (including phenoxy) is 1. The van der Waals surface area contributed by atoms with E-state index in [2.05, 4.69) is 10.6 Å². The Labute approximate surface area is 121 Å². The van der Waals surface area contributed by atoms with Crippen molar-refractivity contribution in [1.29, 1.82) is 0 Å². The first-order valence-electron chi connectivity index (χ1n) is 6.43. The fourth-order valence-corrected chi connectivity index (χ4v) is 2.86. The predicted molar refractivity (Wildman–Crippen MR) is 75.0 cm³/mol. The molecule has 1 aliphatic heterocycles. The van der Waals surface area contributed by atoms with Gasteiger partial charge < -0.3 is 20.5 Å². The lowest BCUT2D eigenvalue weighted by Gasteiger charge is -2.25. The van der Waals surface area contributed by atoms with Gasteiger partial charge in [-0.3, -0.25) is 0 Å². The summed E-state index contributed by atoms with van der Waals surface area (Å²) in [6.07, 6.45) is 1.00. The second-order valence-corrected chi connectivity index (χ2v) is 5.81. The molecule has 2 unspecified atom stereocenters. The van der Waals surface area contributed by atoms with Gasteiger partial charge in [0.25, 0.3) is 0 Å². The van der Waals surface area contributed by atoms with Crippen LogP contribution in [0.3, 0.4) is 0 Å². The summed E-state index contributed by atoms with van der Waals surface area (Å²) in [5.41, 5.74) is -0.147. The molecule has 2 heterocycles. The molecule has 110 valence electrons. The first-order valence-corrected chi connectivity index (χ1v) is 7.37. The van der Waals surface area contributed by atoms with E-state index < -0.39 is 17.5 Å². The van der Waals surface area contributed by atoms with E-state index in [1.165, 1.54) is 0 Å². The quantitative estimate of drug-likeness (QED) is 0.763. The number of amides is 2. The zero-order valence-electron chi connectivity index (χ0n) is 11.2. The van der Waals surface area contributed by atoms with Crippen LogP contribution in [0.1, 0.15) is 18.9 Å². The molecule has 0 spiro atoms. The fraction of sp³-hybridized carbons (Fsp3) is 0.538. The molecule has 1 aromatic rings. The van der Waals surface area contributed by atoms with E-state index in [-0.39, 0.29) is 19.1 Å². The minimum Gasteiger partial charge on any atom is -0.479 e. The van der Waals surface area contributed by atoms with Crippen LogP contribution in [0.15, 0.2) is 16.8 Å². The number of carboxylic acids is 1. The lowest BCUT2D eigenvalue weighted by molar-refractivity contribution is -0.144. The second kappa shape index (κ2) is 6.23. The maximum Gasteiger partial charge on any atom is 0.332 e. The monoisotopic (exact) mass is 298 g/mol. The normalized spacial score (nSPS) is 23.2. The molecule has 0 aromatic carbocycles. The topological polar surface area (TPSA) is 87.7 Å². The number of hydrogen-bond acceptors (Lipinski definition) is 4. The molecule has 0 radical (unpaired) electrons. The molecule has 2 rings (SSSR count). The summed E-state index contributed by atoms with van der Waals surface area (Å²) in [5, 5.41) is 18.5. The van der Waals surface area contributed by atoms with Crippen LogP contribution in [0.2, 0.25) is 0 Å². The zero-order chi connectivity index (χ0) is 14.6. The van der Waals surface area contributed by atoms with Gasteiger partial charge in [-0.1, -0.05) is 0 Å². The van der Waals surface area contributed by atoms with Crippen molar-refractivity contribution in [2.75, 3.05) is 13.2 Å². The number of rotatable bonds is 5. The molecule has 6 nitrogen and oxygen atoms in total. The van der Waals surface area contributed by atoms with Gasteiger partial charge >= 0.3 is 12.0 Å². The number of urea groups is 1. The summed E-state index contributed by atoms with van der Waals surface area (Å²) in [6, 6.07) is 1.46. The first kappa shape index (κ1) is 14.8. The minimum atomic E-state index is -1.30. The summed E-state index contributed by atoms with van der Waals surface area (Å²) in [5.74, 6) is -1.06. The van der Waals surface area contributed by atoms with E-state index in [0.717, 1.165) is 5.56 Å². The number of aliphatic carboxylic acids is 1. The van der Waals surface area contributed by atoms with Gasteiger partial charge in [-0.15, -0.1) is 0 Å². The SMILES string of the molecule is CC(Cc1ccsc1)NC(=O)NC1(C(=O)O)CCOC1. The van der Waals surface area contributed by atoms with E-state index in [9.17, 15) is 14.7 Å².